The zero-order valence-electron chi connectivity index (χ0n) is 10.8. The molecule has 0 spiro atoms. The summed E-state index contributed by atoms with van der Waals surface area (Å²) < 4.78 is 15.4. The third-order valence-electron chi connectivity index (χ3n) is 2.73. The lowest BCUT2D eigenvalue weighted by molar-refractivity contribution is 0.605. The number of aryl methyl sites for hydroxylation is 1. The third-order valence-corrected chi connectivity index (χ3v) is 2.73. The molecule has 4 heteroatoms. The molecule has 0 unspecified atom stereocenters. The highest BCUT2D eigenvalue weighted by Crippen LogP contribution is 2.14. The Hall–Kier alpha value is -1.68. The van der Waals surface area contributed by atoms with Gasteiger partial charge in [0, 0.05) is 12.7 Å². The molecule has 0 saturated carbocycles. The molecule has 2 aromatic rings. The van der Waals surface area contributed by atoms with Crippen LogP contribution in [0, 0.1) is 12.7 Å². The second-order valence-corrected chi connectivity index (χ2v) is 4.38. The van der Waals surface area contributed by atoms with Crippen LogP contribution < -0.4 is 5.32 Å². The largest absolute Gasteiger partial charge is 0.311 e. The van der Waals surface area contributed by atoms with Crippen LogP contribution in [0.3, 0.4) is 0 Å². The van der Waals surface area contributed by atoms with Crippen LogP contribution in [0.1, 0.15) is 24.6 Å². The summed E-state index contributed by atoms with van der Waals surface area (Å²) in [6.45, 7) is 5.67. The van der Waals surface area contributed by atoms with Crippen molar-refractivity contribution in [3.05, 3.63) is 47.5 Å². The van der Waals surface area contributed by atoms with E-state index in [0.29, 0.717) is 12.2 Å². The minimum atomic E-state index is -0.244. The molecule has 0 aliphatic carbocycles. The molecule has 96 valence electrons. The van der Waals surface area contributed by atoms with Gasteiger partial charge in [-0.3, -0.25) is 0 Å². The maximum absolute atomic E-state index is 13.8. The van der Waals surface area contributed by atoms with Crippen LogP contribution in [0.2, 0.25) is 0 Å². The summed E-state index contributed by atoms with van der Waals surface area (Å²) in [6.07, 6.45) is 2.88. The molecule has 0 saturated heterocycles. The molecule has 0 bridgehead atoms. The van der Waals surface area contributed by atoms with Crippen molar-refractivity contribution in [1.82, 2.24) is 15.1 Å². The minimum absolute atomic E-state index is 0.244. The molecular weight excluding hydrogens is 229 g/mol. The molecule has 0 atom stereocenters. The second-order valence-electron chi connectivity index (χ2n) is 4.38. The van der Waals surface area contributed by atoms with E-state index in [1.807, 2.05) is 19.1 Å². The highest BCUT2D eigenvalue weighted by Gasteiger charge is 2.06. The SMILES string of the molecule is CCCNCc1ccn(-c2ccc(C)cc2F)n1. The highest BCUT2D eigenvalue weighted by atomic mass is 19.1. The molecule has 0 aliphatic heterocycles. The second kappa shape index (κ2) is 5.78. The number of nitrogens with zero attached hydrogens (tertiary/aromatic N) is 2. The molecule has 18 heavy (non-hydrogen) atoms. The molecule has 0 fully saturated rings. The van der Waals surface area contributed by atoms with Crippen molar-refractivity contribution >= 4 is 0 Å². The van der Waals surface area contributed by atoms with Crippen molar-refractivity contribution in [3.63, 3.8) is 0 Å². The Kier molecular flexibility index (Phi) is 4.10. The maximum atomic E-state index is 13.8. The topological polar surface area (TPSA) is 29.9 Å². The molecule has 1 aromatic carbocycles. The van der Waals surface area contributed by atoms with Crippen molar-refractivity contribution in [2.75, 3.05) is 6.54 Å². The van der Waals surface area contributed by atoms with Crippen LogP contribution in [0.25, 0.3) is 5.69 Å². The Labute approximate surface area is 107 Å². The molecule has 3 nitrogen and oxygen atoms in total. The summed E-state index contributed by atoms with van der Waals surface area (Å²) in [7, 11) is 0. The van der Waals surface area contributed by atoms with Gasteiger partial charge in [0.2, 0.25) is 0 Å². The van der Waals surface area contributed by atoms with Gasteiger partial charge < -0.3 is 5.32 Å². The first kappa shape index (κ1) is 12.8. The number of hydrogen-bond donors (Lipinski definition) is 1. The average Bonchev–Trinajstić information content (AvgIpc) is 2.78. The van der Waals surface area contributed by atoms with Gasteiger partial charge >= 0.3 is 0 Å². The Bertz CT molecular complexity index is 520. The monoisotopic (exact) mass is 247 g/mol. The van der Waals surface area contributed by atoms with E-state index in [0.717, 1.165) is 24.2 Å². The van der Waals surface area contributed by atoms with E-state index >= 15 is 0 Å². The molecule has 2 rings (SSSR count). The lowest BCUT2D eigenvalue weighted by atomic mass is 10.2. The Balaban J connectivity index is 2.13. The standard InChI is InChI=1S/C14H18FN3/c1-3-7-16-10-12-6-8-18(17-12)14-5-4-11(2)9-13(14)15/h4-6,8-9,16H,3,7,10H2,1-2H3. The smallest absolute Gasteiger partial charge is 0.149 e. The fraction of sp³-hybridized carbons (Fsp3) is 0.357. The zero-order valence-corrected chi connectivity index (χ0v) is 10.8. The third kappa shape index (κ3) is 2.96. The van der Waals surface area contributed by atoms with Crippen LogP contribution in [-0.2, 0) is 6.54 Å². The molecule has 0 amide bonds. The van der Waals surface area contributed by atoms with Crippen molar-refractivity contribution in [2.24, 2.45) is 0 Å². The lowest BCUT2D eigenvalue weighted by Crippen LogP contribution is -2.14. The number of benzene rings is 1. The first-order chi connectivity index (χ1) is 8.70. The summed E-state index contributed by atoms with van der Waals surface area (Å²) in [6, 6.07) is 7.06. The normalized spacial score (nSPS) is 10.8. The zero-order chi connectivity index (χ0) is 13.0. The molecular formula is C14H18FN3. The molecule has 0 radical (unpaired) electrons. The maximum Gasteiger partial charge on any atom is 0.149 e. The fourth-order valence-corrected chi connectivity index (χ4v) is 1.78. The summed E-state index contributed by atoms with van der Waals surface area (Å²) in [5, 5.41) is 7.63. The van der Waals surface area contributed by atoms with Crippen molar-refractivity contribution in [2.45, 2.75) is 26.8 Å². The number of rotatable bonds is 5. The summed E-state index contributed by atoms with van der Waals surface area (Å²) in [5.74, 6) is -0.244. The van der Waals surface area contributed by atoms with Crippen molar-refractivity contribution in [1.29, 1.82) is 0 Å². The first-order valence-corrected chi connectivity index (χ1v) is 6.22. The van der Waals surface area contributed by atoms with Crippen LogP contribution in [-0.4, -0.2) is 16.3 Å². The summed E-state index contributed by atoms with van der Waals surface area (Å²) >= 11 is 0. The highest BCUT2D eigenvalue weighted by molar-refractivity contribution is 5.35. The quantitative estimate of drug-likeness (QED) is 0.823. The number of hydrogen-bond acceptors (Lipinski definition) is 2. The van der Waals surface area contributed by atoms with Gasteiger partial charge in [-0.25, -0.2) is 9.07 Å². The predicted octanol–water partition coefficient (Wildman–Crippen LogP) is 2.82. The van der Waals surface area contributed by atoms with E-state index in [1.165, 1.54) is 6.07 Å². The van der Waals surface area contributed by atoms with Gasteiger partial charge in [0.05, 0.1) is 5.69 Å². The number of nitrogens with one attached hydrogen (secondary N) is 1. The molecule has 1 aromatic heterocycles. The summed E-state index contributed by atoms with van der Waals surface area (Å²) in [5.41, 5.74) is 2.32. The van der Waals surface area contributed by atoms with E-state index in [-0.39, 0.29) is 5.82 Å². The van der Waals surface area contributed by atoms with E-state index < -0.39 is 0 Å². The van der Waals surface area contributed by atoms with Gasteiger partial charge in [0.15, 0.2) is 0 Å². The van der Waals surface area contributed by atoms with Gasteiger partial charge in [-0.2, -0.15) is 5.10 Å². The van der Waals surface area contributed by atoms with Crippen molar-refractivity contribution < 1.29 is 4.39 Å². The van der Waals surface area contributed by atoms with Crippen LogP contribution in [0.15, 0.2) is 30.5 Å². The Morgan fingerprint density at radius 1 is 1.33 bits per heavy atom. The predicted molar refractivity (Wildman–Crippen MR) is 70.3 cm³/mol. The molecule has 1 N–H and O–H groups in total. The minimum Gasteiger partial charge on any atom is -0.311 e. The first-order valence-electron chi connectivity index (χ1n) is 6.22. The van der Waals surface area contributed by atoms with Gasteiger partial charge in [-0.1, -0.05) is 13.0 Å². The van der Waals surface area contributed by atoms with Crippen LogP contribution in [0.4, 0.5) is 4.39 Å². The van der Waals surface area contributed by atoms with Gasteiger partial charge in [0.1, 0.15) is 11.5 Å². The lowest BCUT2D eigenvalue weighted by Gasteiger charge is -2.04. The Morgan fingerprint density at radius 3 is 2.89 bits per heavy atom. The van der Waals surface area contributed by atoms with E-state index in [2.05, 4.69) is 17.3 Å². The van der Waals surface area contributed by atoms with Crippen molar-refractivity contribution in [3.8, 4) is 5.69 Å². The van der Waals surface area contributed by atoms with E-state index in [9.17, 15) is 4.39 Å². The summed E-state index contributed by atoms with van der Waals surface area (Å²) in [4.78, 5) is 0. The Morgan fingerprint density at radius 2 is 2.17 bits per heavy atom. The van der Waals surface area contributed by atoms with Gasteiger partial charge in [-0.05, 0) is 43.7 Å². The molecule has 0 aliphatic rings. The number of halogens is 1. The van der Waals surface area contributed by atoms with E-state index in [1.54, 1.807) is 16.9 Å². The van der Waals surface area contributed by atoms with Crippen LogP contribution in [0.5, 0.6) is 0 Å². The fourth-order valence-electron chi connectivity index (χ4n) is 1.78. The number of aromatic nitrogens is 2. The van der Waals surface area contributed by atoms with Gasteiger partial charge in [-0.15, -0.1) is 0 Å². The molecule has 1 heterocycles. The average molecular weight is 247 g/mol. The van der Waals surface area contributed by atoms with Gasteiger partial charge in [0.25, 0.3) is 0 Å². The van der Waals surface area contributed by atoms with Crippen LogP contribution >= 0.6 is 0 Å². The van der Waals surface area contributed by atoms with E-state index in [4.69, 9.17) is 0 Å².